The van der Waals surface area contributed by atoms with Crippen LogP contribution in [0.2, 0.25) is 0 Å². The second kappa shape index (κ2) is 12.3. The number of hydrogen-bond acceptors (Lipinski definition) is 7. The van der Waals surface area contributed by atoms with E-state index >= 15 is 0 Å². The second-order valence-electron chi connectivity index (χ2n) is 9.85. The van der Waals surface area contributed by atoms with E-state index < -0.39 is 0 Å². The fourth-order valence-electron chi connectivity index (χ4n) is 4.41. The average molecular weight is 567 g/mol. The fourth-order valence-corrected chi connectivity index (χ4v) is 4.41. The predicted octanol–water partition coefficient (Wildman–Crippen LogP) is 6.61. The van der Waals surface area contributed by atoms with Gasteiger partial charge in [0.25, 0.3) is 0 Å². The Bertz CT molecular complexity index is 1660. The molecule has 10 nitrogen and oxygen atoms in total. The van der Waals surface area contributed by atoms with Crippen molar-refractivity contribution in [2.24, 2.45) is 36.1 Å². The zero-order valence-corrected chi connectivity index (χ0v) is 24.1. The SMILES string of the molecule is Cn1ccnc1C=Nc1ccc(N(c2ccc(N=Cc3nccn3C)cc2)c2ccc(N=Cc3nccn3C)cc2)cc1. The quantitative estimate of drug-likeness (QED) is 0.184. The van der Waals surface area contributed by atoms with Crippen molar-refractivity contribution in [3.63, 3.8) is 0 Å². The Morgan fingerprint density at radius 2 is 0.744 bits per heavy atom. The van der Waals surface area contributed by atoms with Crippen LogP contribution in [-0.4, -0.2) is 47.3 Å². The van der Waals surface area contributed by atoms with E-state index in [1.807, 2.05) is 89.8 Å². The van der Waals surface area contributed by atoms with Gasteiger partial charge in [-0.1, -0.05) is 0 Å². The first kappa shape index (κ1) is 27.3. The number of benzene rings is 3. The summed E-state index contributed by atoms with van der Waals surface area (Å²) in [6.45, 7) is 0. The molecule has 0 atom stereocenters. The summed E-state index contributed by atoms with van der Waals surface area (Å²) in [5.41, 5.74) is 5.48. The van der Waals surface area contributed by atoms with Crippen LogP contribution in [0, 0.1) is 0 Å². The number of anilines is 3. The molecule has 3 heterocycles. The molecular formula is C33H30N10. The molecule has 43 heavy (non-hydrogen) atoms. The maximum absolute atomic E-state index is 4.60. The number of hydrogen-bond donors (Lipinski definition) is 0. The van der Waals surface area contributed by atoms with Crippen LogP contribution in [-0.2, 0) is 21.1 Å². The van der Waals surface area contributed by atoms with Crippen molar-refractivity contribution in [3.05, 3.63) is 127 Å². The molecule has 212 valence electrons. The minimum atomic E-state index is 0.794. The zero-order chi connectivity index (χ0) is 29.6. The van der Waals surface area contributed by atoms with Crippen molar-refractivity contribution in [2.45, 2.75) is 0 Å². The molecule has 0 N–H and O–H groups in total. The van der Waals surface area contributed by atoms with Gasteiger partial charge in [-0.2, -0.15) is 0 Å². The van der Waals surface area contributed by atoms with Gasteiger partial charge in [0, 0.05) is 75.4 Å². The van der Waals surface area contributed by atoms with Crippen molar-refractivity contribution >= 4 is 52.8 Å². The van der Waals surface area contributed by atoms with Crippen LogP contribution < -0.4 is 4.90 Å². The molecule has 6 aromatic rings. The summed E-state index contributed by atoms with van der Waals surface area (Å²) < 4.78 is 5.77. The van der Waals surface area contributed by atoms with Gasteiger partial charge in [0.1, 0.15) is 0 Å². The number of aliphatic imine (C=N–C) groups is 3. The Hall–Kier alpha value is -5.90. The molecule has 3 aromatic heterocycles. The summed E-state index contributed by atoms with van der Waals surface area (Å²) in [6.07, 6.45) is 16.3. The van der Waals surface area contributed by atoms with E-state index in [1.54, 1.807) is 37.2 Å². The topological polar surface area (TPSA) is 93.8 Å². The van der Waals surface area contributed by atoms with Gasteiger partial charge in [0.15, 0.2) is 17.5 Å². The molecule has 0 spiro atoms. The first-order valence-corrected chi connectivity index (χ1v) is 13.7. The summed E-state index contributed by atoms with van der Waals surface area (Å²) in [4.78, 5) is 28.9. The summed E-state index contributed by atoms with van der Waals surface area (Å²) in [6, 6.07) is 24.4. The zero-order valence-electron chi connectivity index (χ0n) is 24.1. The average Bonchev–Trinajstić information content (AvgIpc) is 3.77. The number of nitrogens with zero attached hydrogens (tertiary/aromatic N) is 10. The van der Waals surface area contributed by atoms with Crippen LogP contribution in [0.5, 0.6) is 0 Å². The molecule has 0 saturated carbocycles. The molecule has 0 unspecified atom stereocenters. The minimum absolute atomic E-state index is 0.794. The molecule has 0 aliphatic carbocycles. The minimum Gasteiger partial charge on any atom is -0.333 e. The van der Waals surface area contributed by atoms with Crippen LogP contribution in [0.15, 0.2) is 125 Å². The van der Waals surface area contributed by atoms with Crippen LogP contribution in [0.1, 0.15) is 17.5 Å². The van der Waals surface area contributed by atoms with Gasteiger partial charge in [0.05, 0.1) is 35.7 Å². The number of rotatable bonds is 9. The Kier molecular flexibility index (Phi) is 7.81. The molecule has 6 rings (SSSR count). The van der Waals surface area contributed by atoms with E-state index in [0.717, 1.165) is 51.6 Å². The van der Waals surface area contributed by atoms with Gasteiger partial charge in [-0.15, -0.1) is 0 Å². The molecule has 0 saturated heterocycles. The van der Waals surface area contributed by atoms with Crippen LogP contribution in [0.4, 0.5) is 34.1 Å². The molecule has 0 aliphatic heterocycles. The first-order chi connectivity index (χ1) is 21.0. The lowest BCUT2D eigenvalue weighted by atomic mass is 10.1. The fraction of sp³-hybridized carbons (Fsp3) is 0.0909. The van der Waals surface area contributed by atoms with E-state index in [4.69, 9.17) is 0 Å². The lowest BCUT2D eigenvalue weighted by molar-refractivity contribution is 0.902. The third-order valence-corrected chi connectivity index (χ3v) is 6.89. The van der Waals surface area contributed by atoms with E-state index in [2.05, 4.69) is 71.2 Å². The molecule has 10 heteroatoms. The highest BCUT2D eigenvalue weighted by Crippen LogP contribution is 2.36. The molecule has 0 fully saturated rings. The van der Waals surface area contributed by atoms with E-state index in [-0.39, 0.29) is 0 Å². The molecule has 3 aromatic carbocycles. The van der Waals surface area contributed by atoms with Gasteiger partial charge in [-0.25, -0.2) is 15.0 Å². The highest BCUT2D eigenvalue weighted by molar-refractivity contribution is 5.82. The lowest BCUT2D eigenvalue weighted by Crippen LogP contribution is -2.09. The predicted molar refractivity (Wildman–Crippen MR) is 173 cm³/mol. The number of aromatic nitrogens is 6. The van der Waals surface area contributed by atoms with E-state index in [0.29, 0.717) is 0 Å². The van der Waals surface area contributed by atoms with Gasteiger partial charge in [0.2, 0.25) is 0 Å². The van der Waals surface area contributed by atoms with Gasteiger partial charge in [-0.05, 0) is 72.8 Å². The van der Waals surface area contributed by atoms with Gasteiger partial charge < -0.3 is 18.6 Å². The first-order valence-electron chi connectivity index (χ1n) is 13.7. The van der Waals surface area contributed by atoms with E-state index in [1.165, 1.54) is 0 Å². The Balaban J connectivity index is 1.29. The largest absolute Gasteiger partial charge is 0.333 e. The number of aryl methyl sites for hydroxylation is 3. The summed E-state index contributed by atoms with van der Waals surface area (Å²) in [7, 11) is 5.83. The smallest absolute Gasteiger partial charge is 0.150 e. The highest BCUT2D eigenvalue weighted by Gasteiger charge is 2.13. The van der Waals surface area contributed by atoms with Crippen LogP contribution >= 0.6 is 0 Å². The normalized spacial score (nSPS) is 11.8. The molecular weight excluding hydrogens is 536 g/mol. The molecule has 0 bridgehead atoms. The highest BCUT2D eigenvalue weighted by atomic mass is 15.1. The standard InChI is InChI=1S/C33H30N10/c1-40-19-16-34-31(40)22-37-25-4-10-28(11-5-25)43(29-12-6-26(7-13-29)38-23-32-35-17-20-41(32)2)30-14-8-27(9-15-30)39-24-33-36-18-21-42(33)3/h4-24H,1-3H3. The van der Waals surface area contributed by atoms with Crippen LogP contribution in [0.25, 0.3) is 0 Å². The monoisotopic (exact) mass is 566 g/mol. The van der Waals surface area contributed by atoms with Crippen molar-refractivity contribution in [3.8, 4) is 0 Å². The summed E-state index contributed by atoms with van der Waals surface area (Å²) in [5.74, 6) is 2.38. The van der Waals surface area contributed by atoms with Gasteiger partial charge in [-0.3, -0.25) is 15.0 Å². The maximum atomic E-state index is 4.60. The van der Waals surface area contributed by atoms with Gasteiger partial charge >= 0.3 is 0 Å². The van der Waals surface area contributed by atoms with E-state index in [9.17, 15) is 0 Å². The number of imidazole rings is 3. The summed E-state index contributed by atoms with van der Waals surface area (Å²) >= 11 is 0. The van der Waals surface area contributed by atoms with Crippen molar-refractivity contribution < 1.29 is 0 Å². The lowest BCUT2D eigenvalue weighted by Gasteiger charge is -2.25. The molecule has 0 radical (unpaired) electrons. The Labute approximate surface area is 249 Å². The molecule has 0 amide bonds. The maximum Gasteiger partial charge on any atom is 0.150 e. The van der Waals surface area contributed by atoms with Crippen molar-refractivity contribution in [1.82, 2.24) is 28.7 Å². The Morgan fingerprint density at radius 1 is 0.465 bits per heavy atom. The Morgan fingerprint density at radius 3 is 0.977 bits per heavy atom. The molecule has 0 aliphatic rings. The van der Waals surface area contributed by atoms with Crippen molar-refractivity contribution in [1.29, 1.82) is 0 Å². The third-order valence-electron chi connectivity index (χ3n) is 6.89. The van der Waals surface area contributed by atoms with Crippen LogP contribution in [0.3, 0.4) is 0 Å². The summed E-state index contributed by atoms with van der Waals surface area (Å²) in [5, 5.41) is 0. The second-order valence-corrected chi connectivity index (χ2v) is 9.85. The van der Waals surface area contributed by atoms with Crippen molar-refractivity contribution in [2.75, 3.05) is 4.90 Å². The third kappa shape index (κ3) is 6.38.